The number of nitrogens with zero attached hydrogens (tertiary/aromatic N) is 1. The second-order valence-corrected chi connectivity index (χ2v) is 6.67. The number of aromatic nitrogens is 1. The number of carbonyl (C=O) groups is 1. The first-order valence-corrected chi connectivity index (χ1v) is 9.06. The van der Waals surface area contributed by atoms with Crippen LogP contribution in [0.2, 0.25) is 0 Å². The molecule has 3 aromatic rings. The molecule has 0 aliphatic heterocycles. The van der Waals surface area contributed by atoms with Gasteiger partial charge in [-0.1, -0.05) is 37.3 Å². The van der Waals surface area contributed by atoms with Gasteiger partial charge in [-0.3, -0.25) is 4.98 Å². The lowest BCUT2D eigenvalue weighted by atomic mass is 10.1. The van der Waals surface area contributed by atoms with E-state index in [0.29, 0.717) is 5.56 Å². The van der Waals surface area contributed by atoms with Gasteiger partial charge in [0.1, 0.15) is 0 Å². The Labute approximate surface area is 160 Å². The van der Waals surface area contributed by atoms with Crippen LogP contribution >= 0.6 is 0 Å². The molecule has 0 amide bonds. The number of hydrogen-bond donors (Lipinski definition) is 1. The van der Waals surface area contributed by atoms with E-state index in [1.807, 2.05) is 55.5 Å². The number of aryl methyl sites for hydroxylation is 1. The number of rotatable bonds is 6. The highest BCUT2D eigenvalue weighted by atomic mass is 16.5. The molecular weight excluding hydrogens is 336 g/mol. The second-order valence-electron chi connectivity index (χ2n) is 6.67. The molecule has 0 radical (unpaired) electrons. The lowest BCUT2D eigenvalue weighted by Gasteiger charge is -2.16. The number of anilines is 2. The monoisotopic (exact) mass is 360 g/mol. The van der Waals surface area contributed by atoms with Crippen molar-refractivity contribution < 1.29 is 9.53 Å². The number of carbonyl (C=O) groups excluding carboxylic acids is 1. The average Bonchev–Trinajstić information content (AvgIpc) is 2.70. The average molecular weight is 360 g/mol. The normalized spacial score (nSPS) is 11.7. The van der Waals surface area contributed by atoms with Crippen molar-refractivity contribution in [2.24, 2.45) is 0 Å². The highest BCUT2D eigenvalue weighted by Crippen LogP contribution is 2.26. The van der Waals surface area contributed by atoms with Crippen molar-refractivity contribution in [3.05, 3.63) is 89.2 Å². The van der Waals surface area contributed by atoms with Crippen molar-refractivity contribution in [1.29, 1.82) is 0 Å². The minimum atomic E-state index is -0.341. The van der Waals surface area contributed by atoms with Gasteiger partial charge in [0.15, 0.2) is 0 Å². The van der Waals surface area contributed by atoms with Gasteiger partial charge in [-0.15, -0.1) is 0 Å². The molecule has 1 heterocycles. The Balaban J connectivity index is 1.73. The molecule has 4 heteroatoms. The molecule has 0 spiro atoms. The molecule has 1 atom stereocenters. The van der Waals surface area contributed by atoms with Crippen LogP contribution in [0, 0.1) is 13.8 Å². The zero-order valence-corrected chi connectivity index (χ0v) is 15.9. The standard InChI is InChI=1S/C23H24N2O2/c1-16-9-8-13-21(18(16)3)25-22-12-5-4-10-19(22)23(26)27-15-17(2)20-11-6-7-14-24-20/h4-14,17,25H,15H2,1-3H3. The quantitative estimate of drug-likeness (QED) is 0.598. The fraction of sp³-hybridized carbons (Fsp3) is 0.217. The highest BCUT2D eigenvalue weighted by Gasteiger charge is 2.16. The summed E-state index contributed by atoms with van der Waals surface area (Å²) in [6.07, 6.45) is 1.75. The van der Waals surface area contributed by atoms with Crippen LogP contribution in [-0.2, 0) is 4.74 Å². The summed E-state index contributed by atoms with van der Waals surface area (Å²) in [6, 6.07) is 19.2. The predicted molar refractivity (Wildman–Crippen MR) is 109 cm³/mol. The number of hydrogen-bond acceptors (Lipinski definition) is 4. The van der Waals surface area contributed by atoms with Crippen LogP contribution in [-0.4, -0.2) is 17.6 Å². The molecule has 1 unspecified atom stereocenters. The maximum absolute atomic E-state index is 12.7. The summed E-state index contributed by atoms with van der Waals surface area (Å²) in [5.74, 6) is -0.305. The van der Waals surface area contributed by atoms with Gasteiger partial charge >= 0.3 is 5.97 Å². The van der Waals surface area contributed by atoms with Gasteiger partial charge in [-0.05, 0) is 55.3 Å². The van der Waals surface area contributed by atoms with Gasteiger partial charge in [-0.25, -0.2) is 4.79 Å². The van der Waals surface area contributed by atoms with Crippen LogP contribution in [0.15, 0.2) is 66.9 Å². The smallest absolute Gasteiger partial charge is 0.340 e. The van der Waals surface area contributed by atoms with E-state index < -0.39 is 0 Å². The molecule has 2 aromatic carbocycles. The van der Waals surface area contributed by atoms with E-state index in [0.717, 1.165) is 22.6 Å². The summed E-state index contributed by atoms with van der Waals surface area (Å²) >= 11 is 0. The van der Waals surface area contributed by atoms with Gasteiger partial charge in [-0.2, -0.15) is 0 Å². The van der Waals surface area contributed by atoms with Crippen molar-refractivity contribution in [3.63, 3.8) is 0 Å². The van der Waals surface area contributed by atoms with Crippen molar-refractivity contribution in [2.75, 3.05) is 11.9 Å². The van der Waals surface area contributed by atoms with Gasteiger partial charge in [0, 0.05) is 23.5 Å². The van der Waals surface area contributed by atoms with E-state index in [9.17, 15) is 4.79 Å². The summed E-state index contributed by atoms with van der Waals surface area (Å²) in [5.41, 5.74) is 5.51. The van der Waals surface area contributed by atoms with E-state index in [1.54, 1.807) is 12.3 Å². The SMILES string of the molecule is Cc1cccc(Nc2ccccc2C(=O)OCC(C)c2ccccn2)c1C. The Hall–Kier alpha value is -3.14. The molecule has 0 saturated carbocycles. The zero-order chi connectivity index (χ0) is 19.2. The molecule has 0 bridgehead atoms. The Bertz CT molecular complexity index is 923. The fourth-order valence-electron chi connectivity index (χ4n) is 2.83. The molecule has 0 aliphatic rings. The zero-order valence-electron chi connectivity index (χ0n) is 15.9. The van der Waals surface area contributed by atoms with Crippen LogP contribution in [0.5, 0.6) is 0 Å². The molecular formula is C23H24N2O2. The Morgan fingerprint density at radius 1 is 1.00 bits per heavy atom. The number of benzene rings is 2. The lowest BCUT2D eigenvalue weighted by molar-refractivity contribution is 0.0485. The van der Waals surface area contributed by atoms with Crippen molar-refractivity contribution in [2.45, 2.75) is 26.7 Å². The van der Waals surface area contributed by atoms with Crippen molar-refractivity contribution in [1.82, 2.24) is 4.98 Å². The molecule has 27 heavy (non-hydrogen) atoms. The Morgan fingerprint density at radius 2 is 1.74 bits per heavy atom. The fourth-order valence-corrected chi connectivity index (χ4v) is 2.83. The van der Waals surface area contributed by atoms with Crippen LogP contribution in [0.4, 0.5) is 11.4 Å². The van der Waals surface area contributed by atoms with Crippen LogP contribution < -0.4 is 5.32 Å². The highest BCUT2D eigenvalue weighted by molar-refractivity contribution is 5.96. The number of ether oxygens (including phenoxy) is 1. The first-order valence-electron chi connectivity index (χ1n) is 9.06. The Kier molecular flexibility index (Phi) is 5.87. The number of para-hydroxylation sites is 1. The maximum Gasteiger partial charge on any atom is 0.340 e. The molecule has 0 saturated heterocycles. The summed E-state index contributed by atoms with van der Waals surface area (Å²) in [6.45, 7) is 6.41. The van der Waals surface area contributed by atoms with Crippen LogP contribution in [0.3, 0.4) is 0 Å². The minimum absolute atomic E-state index is 0.0364. The largest absolute Gasteiger partial charge is 0.461 e. The van der Waals surface area contributed by atoms with E-state index in [2.05, 4.69) is 30.2 Å². The first-order chi connectivity index (χ1) is 13.1. The third-order valence-corrected chi connectivity index (χ3v) is 4.68. The topological polar surface area (TPSA) is 51.2 Å². The third kappa shape index (κ3) is 4.53. The van der Waals surface area contributed by atoms with E-state index in [-0.39, 0.29) is 18.5 Å². The lowest BCUT2D eigenvalue weighted by Crippen LogP contribution is -2.13. The minimum Gasteiger partial charge on any atom is -0.461 e. The van der Waals surface area contributed by atoms with E-state index in [1.165, 1.54) is 5.56 Å². The van der Waals surface area contributed by atoms with Gasteiger partial charge < -0.3 is 10.1 Å². The molecule has 1 N–H and O–H groups in total. The third-order valence-electron chi connectivity index (χ3n) is 4.68. The van der Waals surface area contributed by atoms with E-state index >= 15 is 0 Å². The van der Waals surface area contributed by atoms with Crippen LogP contribution in [0.25, 0.3) is 0 Å². The second kappa shape index (κ2) is 8.49. The summed E-state index contributed by atoms with van der Waals surface area (Å²) in [7, 11) is 0. The van der Waals surface area contributed by atoms with Gasteiger partial charge in [0.25, 0.3) is 0 Å². The summed E-state index contributed by atoms with van der Waals surface area (Å²) < 4.78 is 5.56. The molecule has 4 nitrogen and oxygen atoms in total. The molecule has 0 fully saturated rings. The van der Waals surface area contributed by atoms with E-state index in [4.69, 9.17) is 4.74 Å². The maximum atomic E-state index is 12.7. The van der Waals surface area contributed by atoms with Crippen molar-refractivity contribution in [3.8, 4) is 0 Å². The summed E-state index contributed by atoms with van der Waals surface area (Å²) in [5, 5.41) is 3.37. The molecule has 0 aliphatic carbocycles. The Morgan fingerprint density at radius 3 is 2.52 bits per heavy atom. The van der Waals surface area contributed by atoms with Crippen LogP contribution in [0.1, 0.15) is 40.0 Å². The van der Waals surface area contributed by atoms with Gasteiger partial charge in [0.2, 0.25) is 0 Å². The van der Waals surface area contributed by atoms with Crippen molar-refractivity contribution >= 4 is 17.3 Å². The number of pyridine rings is 1. The summed E-state index contributed by atoms with van der Waals surface area (Å²) in [4.78, 5) is 17.0. The predicted octanol–water partition coefficient (Wildman–Crippen LogP) is 5.40. The molecule has 3 rings (SSSR count). The molecule has 138 valence electrons. The van der Waals surface area contributed by atoms with Gasteiger partial charge in [0.05, 0.1) is 17.9 Å². The molecule has 1 aromatic heterocycles. The first kappa shape index (κ1) is 18.6. The number of esters is 1. The number of nitrogens with one attached hydrogen (secondary N) is 1.